The van der Waals surface area contributed by atoms with E-state index in [4.69, 9.17) is 0 Å². The highest BCUT2D eigenvalue weighted by molar-refractivity contribution is 7.91. The van der Waals surface area contributed by atoms with Gasteiger partial charge in [0.1, 0.15) is 9.84 Å². The first-order chi connectivity index (χ1) is 8.86. The molecule has 1 N–H and O–H groups in total. The molecule has 0 aromatic carbocycles. The average molecular weight is 285 g/mol. The molecule has 0 radical (unpaired) electrons. The van der Waals surface area contributed by atoms with E-state index >= 15 is 0 Å². The lowest BCUT2D eigenvalue weighted by molar-refractivity contribution is 0.370. The molecular weight excluding hydrogens is 262 g/mol. The standard InChI is InChI=1S/C13H23N3O2S/c1-10-11(9-16(2)15-10)8-14-12-5-4-6-13(7-12)19(3,17)18/h9,12-14H,4-8H2,1-3H3. The van der Waals surface area contributed by atoms with Crippen molar-refractivity contribution < 1.29 is 8.42 Å². The Morgan fingerprint density at radius 1 is 1.47 bits per heavy atom. The number of nitrogens with one attached hydrogen (secondary N) is 1. The number of sulfone groups is 1. The molecule has 2 atom stereocenters. The molecule has 1 heterocycles. The molecule has 1 aliphatic rings. The van der Waals surface area contributed by atoms with Crippen LogP contribution in [0.25, 0.3) is 0 Å². The molecule has 1 fully saturated rings. The lowest BCUT2D eigenvalue weighted by atomic mass is 9.95. The highest BCUT2D eigenvalue weighted by Crippen LogP contribution is 2.24. The quantitative estimate of drug-likeness (QED) is 0.902. The molecule has 108 valence electrons. The number of nitrogens with zero attached hydrogens (tertiary/aromatic N) is 2. The van der Waals surface area contributed by atoms with Crippen molar-refractivity contribution in [1.29, 1.82) is 0 Å². The Labute approximate surface area is 115 Å². The van der Waals surface area contributed by atoms with Crippen LogP contribution in [0.4, 0.5) is 0 Å². The second-order valence-electron chi connectivity index (χ2n) is 5.61. The normalized spacial score (nSPS) is 24.6. The van der Waals surface area contributed by atoms with E-state index in [1.807, 2.05) is 24.9 Å². The Hall–Kier alpha value is -0.880. The molecule has 5 nitrogen and oxygen atoms in total. The summed E-state index contributed by atoms with van der Waals surface area (Å²) in [5, 5.41) is 7.61. The summed E-state index contributed by atoms with van der Waals surface area (Å²) in [6, 6.07) is 0.299. The summed E-state index contributed by atoms with van der Waals surface area (Å²) in [5.74, 6) is 0. The number of hydrogen-bond donors (Lipinski definition) is 1. The van der Waals surface area contributed by atoms with Crippen molar-refractivity contribution in [2.75, 3.05) is 6.26 Å². The van der Waals surface area contributed by atoms with Gasteiger partial charge in [-0.15, -0.1) is 0 Å². The third kappa shape index (κ3) is 3.79. The topological polar surface area (TPSA) is 64.0 Å². The fraction of sp³-hybridized carbons (Fsp3) is 0.769. The third-order valence-electron chi connectivity index (χ3n) is 3.93. The minimum absolute atomic E-state index is 0.172. The Balaban J connectivity index is 1.91. The Bertz CT molecular complexity index is 536. The zero-order valence-electron chi connectivity index (χ0n) is 11.9. The van der Waals surface area contributed by atoms with Crippen LogP contribution in [0.1, 0.15) is 36.9 Å². The molecule has 1 aromatic rings. The van der Waals surface area contributed by atoms with Crippen LogP contribution in [0, 0.1) is 6.92 Å². The maximum absolute atomic E-state index is 11.6. The molecule has 1 saturated carbocycles. The van der Waals surface area contributed by atoms with Crippen LogP contribution in [0.3, 0.4) is 0 Å². The molecular formula is C13H23N3O2S. The Kier molecular flexibility index (Phi) is 4.30. The van der Waals surface area contributed by atoms with Gasteiger partial charge in [-0.25, -0.2) is 8.42 Å². The van der Waals surface area contributed by atoms with E-state index in [1.54, 1.807) is 0 Å². The number of aryl methyl sites for hydroxylation is 2. The smallest absolute Gasteiger partial charge is 0.150 e. The van der Waals surface area contributed by atoms with Crippen molar-refractivity contribution in [3.63, 3.8) is 0 Å². The van der Waals surface area contributed by atoms with Crippen LogP contribution in [0.2, 0.25) is 0 Å². The van der Waals surface area contributed by atoms with Crippen molar-refractivity contribution in [1.82, 2.24) is 15.1 Å². The summed E-state index contributed by atoms with van der Waals surface area (Å²) in [6.07, 6.45) is 6.96. The predicted octanol–water partition coefficient (Wildman–Crippen LogP) is 1.17. The number of rotatable bonds is 4. The maximum atomic E-state index is 11.6. The van der Waals surface area contributed by atoms with Crippen molar-refractivity contribution in [2.24, 2.45) is 7.05 Å². The van der Waals surface area contributed by atoms with Crippen LogP contribution in [0.5, 0.6) is 0 Å². The van der Waals surface area contributed by atoms with Crippen LogP contribution in [-0.2, 0) is 23.4 Å². The minimum atomic E-state index is -2.90. The lowest BCUT2D eigenvalue weighted by Crippen LogP contribution is -2.38. The Morgan fingerprint density at radius 2 is 2.21 bits per heavy atom. The molecule has 0 amide bonds. The first kappa shape index (κ1) is 14.5. The van der Waals surface area contributed by atoms with Crippen LogP contribution in [-0.4, -0.2) is 35.7 Å². The zero-order valence-corrected chi connectivity index (χ0v) is 12.7. The molecule has 1 aliphatic carbocycles. The fourth-order valence-corrected chi connectivity index (χ4v) is 3.97. The third-order valence-corrected chi connectivity index (χ3v) is 5.57. The first-order valence-corrected chi connectivity index (χ1v) is 8.73. The lowest BCUT2D eigenvalue weighted by Gasteiger charge is -2.28. The van der Waals surface area contributed by atoms with Gasteiger partial charge in [-0.2, -0.15) is 5.10 Å². The van der Waals surface area contributed by atoms with Crippen LogP contribution >= 0.6 is 0 Å². The monoisotopic (exact) mass is 285 g/mol. The van der Waals surface area contributed by atoms with Crippen LogP contribution < -0.4 is 5.32 Å². The highest BCUT2D eigenvalue weighted by atomic mass is 32.2. The molecule has 0 bridgehead atoms. The summed E-state index contributed by atoms with van der Waals surface area (Å²) in [4.78, 5) is 0. The molecule has 0 aliphatic heterocycles. The van der Waals surface area contributed by atoms with Gasteiger partial charge in [0.15, 0.2) is 0 Å². The van der Waals surface area contributed by atoms with Gasteiger partial charge in [0.05, 0.1) is 10.9 Å². The van der Waals surface area contributed by atoms with Gasteiger partial charge in [-0.05, 0) is 26.2 Å². The maximum Gasteiger partial charge on any atom is 0.150 e. The fourth-order valence-electron chi connectivity index (χ4n) is 2.80. The molecule has 2 unspecified atom stereocenters. The van der Waals surface area contributed by atoms with Crippen LogP contribution in [0.15, 0.2) is 6.20 Å². The van der Waals surface area contributed by atoms with Gasteiger partial charge in [0.25, 0.3) is 0 Å². The van der Waals surface area contributed by atoms with E-state index < -0.39 is 9.84 Å². The molecule has 0 saturated heterocycles. The second-order valence-corrected chi connectivity index (χ2v) is 7.94. The number of aromatic nitrogens is 2. The van der Waals surface area contributed by atoms with E-state index in [0.29, 0.717) is 6.04 Å². The summed E-state index contributed by atoms with van der Waals surface area (Å²) < 4.78 is 25.1. The van der Waals surface area contributed by atoms with Crippen molar-refractivity contribution in [3.8, 4) is 0 Å². The van der Waals surface area contributed by atoms with Crippen molar-refractivity contribution >= 4 is 9.84 Å². The number of hydrogen-bond acceptors (Lipinski definition) is 4. The van der Waals surface area contributed by atoms with Gasteiger partial charge < -0.3 is 5.32 Å². The van der Waals surface area contributed by atoms with E-state index in [0.717, 1.165) is 37.9 Å². The largest absolute Gasteiger partial charge is 0.310 e. The van der Waals surface area contributed by atoms with E-state index in [1.165, 1.54) is 11.8 Å². The van der Waals surface area contributed by atoms with Gasteiger partial charge in [-0.3, -0.25) is 4.68 Å². The average Bonchev–Trinajstić information content (AvgIpc) is 2.64. The molecule has 6 heteroatoms. The van der Waals surface area contributed by atoms with Gasteiger partial charge in [0, 0.05) is 37.7 Å². The summed E-state index contributed by atoms with van der Waals surface area (Å²) in [7, 11) is -0.989. The van der Waals surface area contributed by atoms with Gasteiger partial charge in [0.2, 0.25) is 0 Å². The van der Waals surface area contributed by atoms with E-state index in [2.05, 4.69) is 10.4 Å². The highest BCUT2D eigenvalue weighted by Gasteiger charge is 2.28. The SMILES string of the molecule is Cc1nn(C)cc1CNC1CCCC(S(C)(=O)=O)C1. The summed E-state index contributed by atoms with van der Waals surface area (Å²) in [6.45, 7) is 2.76. The van der Waals surface area contributed by atoms with Crippen molar-refractivity contribution in [2.45, 2.75) is 50.4 Å². The summed E-state index contributed by atoms with van der Waals surface area (Å²) in [5.41, 5.74) is 2.22. The summed E-state index contributed by atoms with van der Waals surface area (Å²) >= 11 is 0. The second kappa shape index (κ2) is 5.63. The van der Waals surface area contributed by atoms with Gasteiger partial charge >= 0.3 is 0 Å². The predicted molar refractivity (Wildman–Crippen MR) is 75.7 cm³/mol. The minimum Gasteiger partial charge on any atom is -0.310 e. The van der Waals surface area contributed by atoms with Gasteiger partial charge in [-0.1, -0.05) is 6.42 Å². The van der Waals surface area contributed by atoms with Crippen molar-refractivity contribution in [3.05, 3.63) is 17.5 Å². The molecule has 0 spiro atoms. The molecule has 1 aromatic heterocycles. The molecule has 19 heavy (non-hydrogen) atoms. The first-order valence-electron chi connectivity index (χ1n) is 6.77. The zero-order chi connectivity index (χ0) is 14.0. The van der Waals surface area contributed by atoms with E-state index in [9.17, 15) is 8.42 Å². The molecule has 2 rings (SSSR count). The van der Waals surface area contributed by atoms with E-state index in [-0.39, 0.29) is 5.25 Å². The Morgan fingerprint density at radius 3 is 2.79 bits per heavy atom.